The van der Waals surface area contributed by atoms with Crippen molar-refractivity contribution in [3.05, 3.63) is 99.1 Å². The van der Waals surface area contributed by atoms with Crippen LogP contribution in [0.1, 0.15) is 36.5 Å². The SMILES string of the molecule is CCCCNC(=O)[C@H](Cc1ccccc1)N(Cc1cccc(C)c1)C(=O)CN(c1ccc(I)cc1)S(C)(=O)=O. The van der Waals surface area contributed by atoms with Crippen LogP contribution in [0.15, 0.2) is 78.9 Å². The predicted molar refractivity (Wildman–Crippen MR) is 165 cm³/mol. The van der Waals surface area contributed by atoms with Crippen molar-refractivity contribution in [2.24, 2.45) is 0 Å². The third kappa shape index (κ3) is 9.35. The zero-order valence-corrected chi connectivity index (χ0v) is 25.6. The molecule has 39 heavy (non-hydrogen) atoms. The van der Waals surface area contributed by atoms with Gasteiger partial charge >= 0.3 is 0 Å². The molecule has 0 aliphatic heterocycles. The number of sulfonamides is 1. The first-order valence-corrected chi connectivity index (χ1v) is 15.9. The van der Waals surface area contributed by atoms with Crippen LogP contribution in [0.4, 0.5) is 5.69 Å². The van der Waals surface area contributed by atoms with Gasteiger partial charge in [-0.2, -0.15) is 0 Å². The van der Waals surface area contributed by atoms with Crippen molar-refractivity contribution in [2.45, 2.75) is 45.7 Å². The molecule has 0 aromatic heterocycles. The minimum absolute atomic E-state index is 0.170. The first-order chi connectivity index (χ1) is 18.6. The molecule has 9 heteroatoms. The van der Waals surface area contributed by atoms with Crippen LogP contribution in [-0.2, 0) is 32.6 Å². The van der Waals surface area contributed by atoms with Gasteiger partial charge in [0.15, 0.2) is 0 Å². The number of rotatable bonds is 13. The van der Waals surface area contributed by atoms with E-state index in [0.717, 1.165) is 43.7 Å². The summed E-state index contributed by atoms with van der Waals surface area (Å²) in [6.07, 6.45) is 3.14. The fourth-order valence-electron chi connectivity index (χ4n) is 4.29. The number of hydrogen-bond donors (Lipinski definition) is 1. The van der Waals surface area contributed by atoms with Gasteiger partial charge in [0, 0.05) is 23.1 Å². The molecule has 0 saturated carbocycles. The molecule has 0 bridgehead atoms. The van der Waals surface area contributed by atoms with Crippen LogP contribution in [0.3, 0.4) is 0 Å². The van der Waals surface area contributed by atoms with E-state index in [1.165, 1.54) is 4.90 Å². The molecule has 3 aromatic carbocycles. The second kappa shape index (κ2) is 14.5. The highest BCUT2D eigenvalue weighted by Gasteiger charge is 2.33. The summed E-state index contributed by atoms with van der Waals surface area (Å²) >= 11 is 2.14. The molecule has 208 valence electrons. The summed E-state index contributed by atoms with van der Waals surface area (Å²) in [5.74, 6) is -0.708. The molecule has 2 amide bonds. The van der Waals surface area contributed by atoms with Crippen LogP contribution in [0.2, 0.25) is 0 Å². The molecule has 0 saturated heterocycles. The van der Waals surface area contributed by atoms with Crippen LogP contribution < -0.4 is 9.62 Å². The Balaban J connectivity index is 2.02. The quantitative estimate of drug-likeness (QED) is 0.208. The maximum Gasteiger partial charge on any atom is 0.244 e. The predicted octanol–water partition coefficient (Wildman–Crippen LogP) is 4.92. The minimum Gasteiger partial charge on any atom is -0.354 e. The fourth-order valence-corrected chi connectivity index (χ4v) is 5.50. The first kappa shape index (κ1) is 30.6. The van der Waals surface area contributed by atoms with Crippen LogP contribution in [0.5, 0.6) is 0 Å². The van der Waals surface area contributed by atoms with Gasteiger partial charge in [0.1, 0.15) is 12.6 Å². The van der Waals surface area contributed by atoms with E-state index >= 15 is 0 Å². The summed E-state index contributed by atoms with van der Waals surface area (Å²) in [5, 5.41) is 2.99. The highest BCUT2D eigenvalue weighted by molar-refractivity contribution is 14.1. The van der Waals surface area contributed by atoms with E-state index in [0.29, 0.717) is 18.7 Å². The standard InChI is InChI=1S/C30H36IN3O4S/c1-4-5-18-32-30(36)28(20-24-11-7-6-8-12-24)33(21-25-13-9-10-23(2)19-25)29(35)22-34(39(3,37)38)27-16-14-26(31)15-17-27/h6-17,19,28H,4-5,18,20-22H2,1-3H3,(H,32,36)/t28-/m0/s1. The van der Waals surface area contributed by atoms with Crippen molar-refractivity contribution < 1.29 is 18.0 Å². The Morgan fingerprint density at radius 1 is 0.949 bits per heavy atom. The van der Waals surface area contributed by atoms with E-state index in [-0.39, 0.29) is 12.5 Å². The minimum atomic E-state index is -3.78. The van der Waals surface area contributed by atoms with Crippen molar-refractivity contribution in [1.29, 1.82) is 0 Å². The molecule has 0 heterocycles. The number of benzene rings is 3. The van der Waals surface area contributed by atoms with Crippen molar-refractivity contribution in [3.63, 3.8) is 0 Å². The summed E-state index contributed by atoms with van der Waals surface area (Å²) < 4.78 is 27.7. The monoisotopic (exact) mass is 661 g/mol. The fraction of sp³-hybridized carbons (Fsp3) is 0.333. The average molecular weight is 662 g/mol. The lowest BCUT2D eigenvalue weighted by Gasteiger charge is -2.33. The zero-order chi connectivity index (χ0) is 28.4. The molecule has 3 rings (SSSR count). The van der Waals surface area contributed by atoms with Gasteiger partial charge in [0.25, 0.3) is 0 Å². The van der Waals surface area contributed by atoms with Crippen LogP contribution in [0.25, 0.3) is 0 Å². The van der Waals surface area contributed by atoms with Gasteiger partial charge in [-0.15, -0.1) is 0 Å². The van der Waals surface area contributed by atoms with Gasteiger partial charge in [-0.25, -0.2) is 8.42 Å². The number of halogens is 1. The number of carbonyl (C=O) groups is 2. The van der Waals surface area contributed by atoms with Crippen LogP contribution in [0, 0.1) is 10.5 Å². The van der Waals surface area contributed by atoms with Gasteiger partial charge in [0.2, 0.25) is 21.8 Å². The largest absolute Gasteiger partial charge is 0.354 e. The smallest absolute Gasteiger partial charge is 0.244 e. The van der Waals surface area contributed by atoms with Crippen molar-refractivity contribution in [2.75, 3.05) is 23.7 Å². The first-order valence-electron chi connectivity index (χ1n) is 13.0. The number of nitrogens with zero attached hydrogens (tertiary/aromatic N) is 2. The van der Waals surface area contributed by atoms with Gasteiger partial charge in [0.05, 0.1) is 11.9 Å². The molecule has 7 nitrogen and oxygen atoms in total. The van der Waals surface area contributed by atoms with Crippen molar-refractivity contribution >= 4 is 50.1 Å². The van der Waals surface area contributed by atoms with Crippen LogP contribution in [-0.4, -0.2) is 50.5 Å². The second-order valence-electron chi connectivity index (χ2n) is 9.61. The van der Waals surface area contributed by atoms with E-state index in [9.17, 15) is 18.0 Å². The van der Waals surface area contributed by atoms with Gasteiger partial charge in [-0.05, 0) is 71.3 Å². The number of hydrogen-bond acceptors (Lipinski definition) is 4. The molecular weight excluding hydrogens is 625 g/mol. The van der Waals surface area contributed by atoms with Crippen LogP contribution >= 0.6 is 22.6 Å². The molecule has 3 aromatic rings. The Kier molecular flexibility index (Phi) is 11.4. The number of unbranched alkanes of at least 4 members (excludes halogenated alkanes) is 1. The topological polar surface area (TPSA) is 86.8 Å². The van der Waals surface area contributed by atoms with E-state index in [1.54, 1.807) is 24.3 Å². The third-order valence-electron chi connectivity index (χ3n) is 6.33. The van der Waals surface area contributed by atoms with E-state index in [2.05, 4.69) is 27.9 Å². The van der Waals surface area contributed by atoms with E-state index in [4.69, 9.17) is 0 Å². The number of carbonyl (C=O) groups excluding carboxylic acids is 2. The number of anilines is 1. The molecule has 0 unspecified atom stereocenters. The number of amides is 2. The highest BCUT2D eigenvalue weighted by atomic mass is 127. The lowest BCUT2D eigenvalue weighted by atomic mass is 10.0. The zero-order valence-electron chi connectivity index (χ0n) is 22.6. The second-order valence-corrected chi connectivity index (χ2v) is 12.8. The normalized spacial score (nSPS) is 12.0. The Labute approximate surface area is 245 Å². The molecular formula is C30H36IN3O4S. The lowest BCUT2D eigenvalue weighted by molar-refractivity contribution is -0.140. The van der Waals surface area contributed by atoms with Crippen molar-refractivity contribution in [3.8, 4) is 0 Å². The third-order valence-corrected chi connectivity index (χ3v) is 8.19. The maximum atomic E-state index is 14.0. The molecule has 0 aliphatic rings. The van der Waals surface area contributed by atoms with E-state index < -0.39 is 28.5 Å². The Hall–Kier alpha value is -2.92. The lowest BCUT2D eigenvalue weighted by Crippen LogP contribution is -2.53. The van der Waals surface area contributed by atoms with Gasteiger partial charge in [-0.1, -0.05) is 73.5 Å². The molecule has 0 radical (unpaired) electrons. The number of aryl methyl sites for hydroxylation is 1. The Morgan fingerprint density at radius 3 is 2.23 bits per heavy atom. The highest BCUT2D eigenvalue weighted by Crippen LogP contribution is 2.21. The molecule has 1 N–H and O–H groups in total. The summed E-state index contributed by atoms with van der Waals surface area (Å²) in [7, 11) is -3.78. The molecule has 1 atom stereocenters. The Bertz CT molecular complexity index is 1350. The average Bonchev–Trinajstić information content (AvgIpc) is 2.90. The molecule has 0 fully saturated rings. The number of nitrogens with one attached hydrogen (secondary N) is 1. The van der Waals surface area contributed by atoms with Gasteiger partial charge < -0.3 is 10.2 Å². The summed E-state index contributed by atoms with van der Waals surface area (Å²) in [6.45, 7) is 4.27. The van der Waals surface area contributed by atoms with Gasteiger partial charge in [-0.3, -0.25) is 13.9 Å². The summed E-state index contributed by atoms with van der Waals surface area (Å²) in [5.41, 5.74) is 3.20. The van der Waals surface area contributed by atoms with Crippen molar-refractivity contribution in [1.82, 2.24) is 10.2 Å². The molecule has 0 aliphatic carbocycles. The Morgan fingerprint density at radius 2 is 1.62 bits per heavy atom. The summed E-state index contributed by atoms with van der Waals surface area (Å²) in [6, 6.07) is 23.4. The summed E-state index contributed by atoms with van der Waals surface area (Å²) in [4.78, 5) is 29.1. The molecule has 0 spiro atoms. The maximum absolute atomic E-state index is 14.0. The van der Waals surface area contributed by atoms with E-state index in [1.807, 2.05) is 68.4 Å².